The number of fused-ring (bicyclic) bond motifs is 1. The van der Waals surface area contributed by atoms with Crippen molar-refractivity contribution in [2.75, 3.05) is 18.0 Å². The third kappa shape index (κ3) is 1.69. The zero-order valence-corrected chi connectivity index (χ0v) is 10.4. The number of hydrogen-bond acceptors (Lipinski definition) is 4. The maximum absolute atomic E-state index is 11.7. The van der Waals surface area contributed by atoms with Crippen LogP contribution in [-0.2, 0) is 7.05 Å². The van der Waals surface area contributed by atoms with Gasteiger partial charge in [-0.1, -0.05) is 0 Å². The van der Waals surface area contributed by atoms with Crippen molar-refractivity contribution >= 4 is 16.9 Å². The van der Waals surface area contributed by atoms with Crippen molar-refractivity contribution in [3.05, 3.63) is 22.7 Å². The van der Waals surface area contributed by atoms with Crippen LogP contribution in [0, 0.1) is 0 Å². The number of imidazole rings is 1. The number of anilines is 1. The van der Waals surface area contributed by atoms with Gasteiger partial charge >= 0.3 is 5.69 Å². The Morgan fingerprint density at radius 3 is 3.17 bits per heavy atom. The Morgan fingerprint density at radius 2 is 2.39 bits per heavy atom. The van der Waals surface area contributed by atoms with Crippen LogP contribution in [0.4, 0.5) is 5.69 Å². The SMILES string of the molecule is Cn1c(=O)[nH]c2c(N3CCCC(N)C3)ccnc21. The highest BCUT2D eigenvalue weighted by Crippen LogP contribution is 2.25. The molecule has 0 saturated carbocycles. The molecule has 0 bridgehead atoms. The fourth-order valence-electron chi connectivity index (χ4n) is 2.59. The number of rotatable bonds is 1. The molecular formula is C12H17N5O. The summed E-state index contributed by atoms with van der Waals surface area (Å²) in [5.74, 6) is 0. The molecule has 0 radical (unpaired) electrons. The number of piperidine rings is 1. The standard InChI is InChI=1S/C12H17N5O/c1-16-11-10(15-12(16)18)9(4-5-14-11)17-6-2-3-8(13)7-17/h4-5,8H,2-3,6-7,13H2,1H3,(H,15,18). The summed E-state index contributed by atoms with van der Waals surface area (Å²) in [6.07, 6.45) is 3.89. The zero-order chi connectivity index (χ0) is 12.7. The molecule has 96 valence electrons. The van der Waals surface area contributed by atoms with Crippen molar-refractivity contribution in [3.63, 3.8) is 0 Å². The maximum Gasteiger partial charge on any atom is 0.327 e. The largest absolute Gasteiger partial charge is 0.368 e. The van der Waals surface area contributed by atoms with E-state index in [-0.39, 0.29) is 11.7 Å². The topological polar surface area (TPSA) is 79.9 Å². The van der Waals surface area contributed by atoms with Crippen LogP contribution in [0.15, 0.2) is 17.1 Å². The van der Waals surface area contributed by atoms with Gasteiger partial charge in [0, 0.05) is 32.4 Å². The van der Waals surface area contributed by atoms with Gasteiger partial charge in [-0.3, -0.25) is 4.57 Å². The van der Waals surface area contributed by atoms with Crippen LogP contribution in [0.3, 0.4) is 0 Å². The van der Waals surface area contributed by atoms with E-state index in [4.69, 9.17) is 5.73 Å². The van der Waals surface area contributed by atoms with E-state index >= 15 is 0 Å². The molecular weight excluding hydrogens is 230 g/mol. The van der Waals surface area contributed by atoms with Crippen molar-refractivity contribution in [1.29, 1.82) is 0 Å². The minimum Gasteiger partial charge on any atom is -0.368 e. The van der Waals surface area contributed by atoms with E-state index in [0.29, 0.717) is 5.65 Å². The molecule has 1 saturated heterocycles. The summed E-state index contributed by atoms with van der Waals surface area (Å²) in [6, 6.07) is 2.15. The van der Waals surface area contributed by atoms with Crippen LogP contribution in [0.25, 0.3) is 11.2 Å². The Balaban J connectivity index is 2.11. The Bertz CT molecular complexity index is 629. The summed E-state index contributed by atoms with van der Waals surface area (Å²) in [5.41, 5.74) is 8.39. The van der Waals surface area contributed by atoms with Gasteiger partial charge in [0.1, 0.15) is 5.52 Å². The summed E-state index contributed by atoms with van der Waals surface area (Å²) in [4.78, 5) is 21.0. The molecule has 0 aromatic carbocycles. The lowest BCUT2D eigenvalue weighted by molar-refractivity contribution is 0.507. The molecule has 1 atom stereocenters. The summed E-state index contributed by atoms with van der Waals surface area (Å²) < 4.78 is 1.53. The highest BCUT2D eigenvalue weighted by atomic mass is 16.1. The lowest BCUT2D eigenvalue weighted by atomic mass is 10.1. The molecule has 1 unspecified atom stereocenters. The number of aryl methyl sites for hydroxylation is 1. The second-order valence-corrected chi connectivity index (χ2v) is 4.87. The number of aromatic amines is 1. The summed E-state index contributed by atoms with van der Waals surface area (Å²) in [5, 5.41) is 0. The van der Waals surface area contributed by atoms with Crippen LogP contribution < -0.4 is 16.3 Å². The van der Waals surface area contributed by atoms with Crippen LogP contribution in [0.5, 0.6) is 0 Å². The molecule has 3 N–H and O–H groups in total. The normalized spacial score (nSPS) is 20.6. The predicted molar refractivity (Wildman–Crippen MR) is 70.8 cm³/mol. The smallest absolute Gasteiger partial charge is 0.327 e. The number of H-pyrrole nitrogens is 1. The molecule has 3 heterocycles. The molecule has 6 heteroatoms. The van der Waals surface area contributed by atoms with Gasteiger partial charge < -0.3 is 15.6 Å². The van der Waals surface area contributed by atoms with Gasteiger partial charge in [-0.2, -0.15) is 0 Å². The Morgan fingerprint density at radius 1 is 1.56 bits per heavy atom. The van der Waals surface area contributed by atoms with Gasteiger partial charge in [-0.05, 0) is 18.9 Å². The molecule has 0 aliphatic carbocycles. The molecule has 2 aromatic rings. The molecule has 6 nitrogen and oxygen atoms in total. The van der Waals surface area contributed by atoms with E-state index < -0.39 is 0 Å². The zero-order valence-electron chi connectivity index (χ0n) is 10.4. The average Bonchev–Trinajstić information content (AvgIpc) is 2.65. The van der Waals surface area contributed by atoms with Gasteiger partial charge in [0.15, 0.2) is 5.65 Å². The second kappa shape index (κ2) is 4.13. The van der Waals surface area contributed by atoms with E-state index in [1.807, 2.05) is 6.07 Å². The number of nitrogens with zero attached hydrogens (tertiary/aromatic N) is 3. The van der Waals surface area contributed by atoms with Crippen molar-refractivity contribution in [1.82, 2.24) is 14.5 Å². The Kier molecular flexibility index (Phi) is 2.59. The van der Waals surface area contributed by atoms with Crippen molar-refractivity contribution in [3.8, 4) is 0 Å². The number of nitrogens with one attached hydrogen (secondary N) is 1. The molecule has 0 amide bonds. The lowest BCUT2D eigenvalue weighted by Gasteiger charge is -2.32. The molecule has 1 aliphatic rings. The Labute approximate surface area is 104 Å². The number of nitrogens with two attached hydrogens (primary N) is 1. The van der Waals surface area contributed by atoms with E-state index in [9.17, 15) is 4.79 Å². The van der Waals surface area contributed by atoms with Gasteiger partial charge in [-0.25, -0.2) is 9.78 Å². The van der Waals surface area contributed by atoms with Gasteiger partial charge in [0.2, 0.25) is 0 Å². The first-order valence-corrected chi connectivity index (χ1v) is 6.21. The van der Waals surface area contributed by atoms with Gasteiger partial charge in [0.25, 0.3) is 0 Å². The quantitative estimate of drug-likeness (QED) is 0.754. The maximum atomic E-state index is 11.7. The highest BCUT2D eigenvalue weighted by Gasteiger charge is 2.20. The average molecular weight is 247 g/mol. The molecule has 1 fully saturated rings. The molecule has 1 aliphatic heterocycles. The third-order valence-electron chi connectivity index (χ3n) is 3.56. The Hall–Kier alpha value is -1.82. The van der Waals surface area contributed by atoms with Crippen LogP contribution in [0.1, 0.15) is 12.8 Å². The first-order chi connectivity index (χ1) is 8.66. The third-order valence-corrected chi connectivity index (χ3v) is 3.56. The second-order valence-electron chi connectivity index (χ2n) is 4.87. The first-order valence-electron chi connectivity index (χ1n) is 6.21. The van der Waals surface area contributed by atoms with Crippen LogP contribution in [0.2, 0.25) is 0 Å². The fraction of sp³-hybridized carbons (Fsp3) is 0.500. The van der Waals surface area contributed by atoms with E-state index in [2.05, 4.69) is 14.9 Å². The predicted octanol–water partition coefficient (Wildman–Crippen LogP) is 0.189. The minimum absolute atomic E-state index is 0.133. The van der Waals surface area contributed by atoms with Crippen LogP contribution in [-0.4, -0.2) is 33.7 Å². The molecule has 0 spiro atoms. The molecule has 18 heavy (non-hydrogen) atoms. The number of aromatic nitrogens is 3. The number of hydrogen-bond donors (Lipinski definition) is 2. The minimum atomic E-state index is -0.133. The monoisotopic (exact) mass is 247 g/mol. The fourth-order valence-corrected chi connectivity index (χ4v) is 2.59. The summed E-state index contributed by atoms with van der Waals surface area (Å²) in [7, 11) is 1.72. The van der Waals surface area contributed by atoms with E-state index in [1.165, 1.54) is 4.57 Å². The van der Waals surface area contributed by atoms with Crippen molar-refractivity contribution in [2.24, 2.45) is 12.8 Å². The highest BCUT2D eigenvalue weighted by molar-refractivity contribution is 5.86. The van der Waals surface area contributed by atoms with Gasteiger partial charge in [-0.15, -0.1) is 0 Å². The number of pyridine rings is 1. The summed E-state index contributed by atoms with van der Waals surface area (Å²) >= 11 is 0. The summed E-state index contributed by atoms with van der Waals surface area (Å²) in [6.45, 7) is 1.81. The van der Waals surface area contributed by atoms with Crippen molar-refractivity contribution < 1.29 is 0 Å². The van der Waals surface area contributed by atoms with Gasteiger partial charge in [0.05, 0.1) is 5.69 Å². The lowest BCUT2D eigenvalue weighted by Crippen LogP contribution is -2.42. The van der Waals surface area contributed by atoms with Crippen molar-refractivity contribution in [2.45, 2.75) is 18.9 Å². The van der Waals surface area contributed by atoms with E-state index in [0.717, 1.165) is 37.1 Å². The molecule has 2 aromatic heterocycles. The van der Waals surface area contributed by atoms with E-state index in [1.54, 1.807) is 13.2 Å². The molecule has 3 rings (SSSR count). The van der Waals surface area contributed by atoms with Crippen LogP contribution >= 0.6 is 0 Å². The first kappa shape index (κ1) is 11.3.